The van der Waals surface area contributed by atoms with Crippen molar-refractivity contribution in [3.8, 4) is 0 Å². The number of rotatable bonds is 4. The van der Waals surface area contributed by atoms with E-state index in [-0.39, 0.29) is 12.0 Å². The Morgan fingerprint density at radius 2 is 1.88 bits per heavy atom. The molecule has 3 heterocycles. The molecular weight excluding hydrogens is 324 g/mol. The topological polar surface area (TPSA) is 97.6 Å². The summed E-state index contributed by atoms with van der Waals surface area (Å²) >= 11 is 0. The van der Waals surface area contributed by atoms with Crippen molar-refractivity contribution in [3.63, 3.8) is 0 Å². The number of nitrogens with zero attached hydrogens (tertiary/aromatic N) is 4. The van der Waals surface area contributed by atoms with Crippen molar-refractivity contribution >= 4 is 11.9 Å². The summed E-state index contributed by atoms with van der Waals surface area (Å²) in [4.78, 5) is 25.5. The molecule has 0 aromatic carbocycles. The molecule has 3 fully saturated rings. The smallest absolute Gasteiger partial charge is 0.332 e. The van der Waals surface area contributed by atoms with Crippen LogP contribution in [-0.2, 0) is 9.53 Å². The molecule has 8 heteroatoms. The number of carboxylic acids is 1. The van der Waals surface area contributed by atoms with E-state index in [9.17, 15) is 9.59 Å². The molecule has 4 rings (SSSR count). The third kappa shape index (κ3) is 3.27. The lowest BCUT2D eigenvalue weighted by Crippen LogP contribution is -2.41. The van der Waals surface area contributed by atoms with Gasteiger partial charge in [0.15, 0.2) is 11.8 Å². The Balaban J connectivity index is 1.30. The normalized spacial score (nSPS) is 28.1. The van der Waals surface area contributed by atoms with Gasteiger partial charge in [0.25, 0.3) is 5.91 Å². The van der Waals surface area contributed by atoms with Crippen LogP contribution >= 0.6 is 0 Å². The molecule has 3 aliphatic rings. The predicted molar refractivity (Wildman–Crippen MR) is 87.1 cm³/mol. The molecule has 1 aliphatic carbocycles. The zero-order valence-electron chi connectivity index (χ0n) is 14.2. The van der Waals surface area contributed by atoms with Gasteiger partial charge in [-0.15, -0.1) is 5.10 Å². The van der Waals surface area contributed by atoms with Crippen LogP contribution in [0.2, 0.25) is 0 Å². The van der Waals surface area contributed by atoms with Gasteiger partial charge in [0, 0.05) is 13.1 Å². The number of ether oxygens (including phenoxy) is 1. The fourth-order valence-electron chi connectivity index (χ4n) is 4.03. The summed E-state index contributed by atoms with van der Waals surface area (Å²) in [5, 5.41) is 17.2. The number of carbonyl (C=O) groups is 2. The molecule has 2 aliphatic heterocycles. The maximum atomic E-state index is 12.6. The highest BCUT2D eigenvalue weighted by Gasteiger charge is 2.37. The van der Waals surface area contributed by atoms with Crippen LogP contribution in [0.15, 0.2) is 6.20 Å². The van der Waals surface area contributed by atoms with E-state index in [1.54, 1.807) is 6.20 Å². The molecule has 0 radical (unpaired) electrons. The zero-order valence-corrected chi connectivity index (χ0v) is 14.2. The number of hydrogen-bond acceptors (Lipinski definition) is 5. The monoisotopic (exact) mass is 348 g/mol. The van der Waals surface area contributed by atoms with Crippen molar-refractivity contribution in [2.45, 2.75) is 63.2 Å². The summed E-state index contributed by atoms with van der Waals surface area (Å²) in [5.74, 6) is -0.594. The Morgan fingerprint density at radius 1 is 1.12 bits per heavy atom. The van der Waals surface area contributed by atoms with Crippen molar-refractivity contribution in [1.82, 2.24) is 19.9 Å². The average Bonchev–Trinajstić information content (AvgIpc) is 3.22. The molecule has 8 nitrogen and oxygen atoms in total. The molecule has 0 unspecified atom stereocenters. The Labute approximate surface area is 146 Å². The Morgan fingerprint density at radius 3 is 2.48 bits per heavy atom. The van der Waals surface area contributed by atoms with E-state index in [2.05, 4.69) is 10.3 Å². The van der Waals surface area contributed by atoms with Crippen LogP contribution in [0.25, 0.3) is 0 Å². The molecule has 1 aromatic rings. The van der Waals surface area contributed by atoms with Crippen LogP contribution in [0.4, 0.5) is 0 Å². The number of aromatic nitrogens is 3. The van der Waals surface area contributed by atoms with E-state index in [4.69, 9.17) is 9.84 Å². The van der Waals surface area contributed by atoms with E-state index in [1.165, 1.54) is 6.42 Å². The lowest BCUT2D eigenvalue weighted by molar-refractivity contribution is -0.150. The first-order valence-electron chi connectivity index (χ1n) is 9.21. The first-order valence-corrected chi connectivity index (χ1v) is 9.21. The van der Waals surface area contributed by atoms with Gasteiger partial charge in [-0.3, -0.25) is 4.79 Å². The fourth-order valence-corrected chi connectivity index (χ4v) is 4.03. The number of likely N-dealkylation sites (tertiary alicyclic amines) is 1. The molecule has 136 valence electrons. The largest absolute Gasteiger partial charge is 0.479 e. The molecule has 0 bridgehead atoms. The highest BCUT2D eigenvalue weighted by molar-refractivity contribution is 5.92. The quantitative estimate of drug-likeness (QED) is 0.885. The standard InChI is InChI=1S/C17H24N4O4/c22-16(13-10-21(19-18-13)12-2-1-3-12)20-8-6-11(7-9-20)14-4-5-15(25-14)17(23)24/h10-12,14-15H,1-9H2,(H,23,24)/t14-,15+/m0/s1. The van der Waals surface area contributed by atoms with Gasteiger partial charge in [0.2, 0.25) is 0 Å². The van der Waals surface area contributed by atoms with E-state index < -0.39 is 12.1 Å². The number of carboxylic acid groups (broad SMARTS) is 1. The van der Waals surface area contributed by atoms with Crippen LogP contribution in [-0.4, -0.2) is 62.2 Å². The minimum absolute atomic E-state index is 0.0119. The van der Waals surface area contributed by atoms with Gasteiger partial charge in [-0.25, -0.2) is 9.48 Å². The molecule has 2 saturated heterocycles. The van der Waals surface area contributed by atoms with Gasteiger partial charge in [0.1, 0.15) is 0 Å². The minimum Gasteiger partial charge on any atom is -0.479 e. The molecule has 0 spiro atoms. The summed E-state index contributed by atoms with van der Waals surface area (Å²) in [5.41, 5.74) is 0.424. The van der Waals surface area contributed by atoms with E-state index >= 15 is 0 Å². The van der Waals surface area contributed by atoms with E-state index in [0.29, 0.717) is 37.2 Å². The molecule has 2 atom stereocenters. The van der Waals surface area contributed by atoms with Gasteiger partial charge >= 0.3 is 5.97 Å². The summed E-state index contributed by atoms with van der Waals surface area (Å²) in [7, 11) is 0. The lowest BCUT2D eigenvalue weighted by Gasteiger charge is -2.34. The maximum absolute atomic E-state index is 12.6. The third-order valence-corrected chi connectivity index (χ3v) is 5.86. The van der Waals surface area contributed by atoms with Gasteiger partial charge in [0.05, 0.1) is 18.3 Å². The number of piperidine rings is 1. The Bertz CT molecular complexity index is 649. The average molecular weight is 348 g/mol. The lowest BCUT2D eigenvalue weighted by atomic mass is 9.89. The number of hydrogen-bond donors (Lipinski definition) is 1. The van der Waals surface area contributed by atoms with Crippen molar-refractivity contribution in [2.24, 2.45) is 5.92 Å². The molecule has 1 saturated carbocycles. The van der Waals surface area contributed by atoms with E-state index in [0.717, 1.165) is 32.1 Å². The van der Waals surface area contributed by atoms with Gasteiger partial charge < -0.3 is 14.7 Å². The Kier molecular flexibility index (Phi) is 4.45. The first kappa shape index (κ1) is 16.5. The minimum atomic E-state index is -0.871. The van der Waals surface area contributed by atoms with Gasteiger partial charge in [-0.2, -0.15) is 0 Å². The van der Waals surface area contributed by atoms with Crippen LogP contribution in [0, 0.1) is 5.92 Å². The molecular formula is C17H24N4O4. The van der Waals surface area contributed by atoms with Gasteiger partial charge in [-0.1, -0.05) is 5.21 Å². The van der Waals surface area contributed by atoms with Crippen LogP contribution in [0.3, 0.4) is 0 Å². The predicted octanol–water partition coefficient (Wildman–Crippen LogP) is 1.49. The van der Waals surface area contributed by atoms with Crippen molar-refractivity contribution < 1.29 is 19.4 Å². The van der Waals surface area contributed by atoms with Crippen LogP contribution < -0.4 is 0 Å². The van der Waals surface area contributed by atoms with Gasteiger partial charge in [-0.05, 0) is 50.9 Å². The second-order valence-electron chi connectivity index (χ2n) is 7.38. The highest BCUT2D eigenvalue weighted by atomic mass is 16.5. The summed E-state index contributed by atoms with van der Waals surface area (Å²) in [6, 6.07) is 0.404. The zero-order chi connectivity index (χ0) is 17.4. The number of amides is 1. The third-order valence-electron chi connectivity index (χ3n) is 5.86. The highest BCUT2D eigenvalue weighted by Crippen LogP contribution is 2.33. The van der Waals surface area contributed by atoms with Crippen LogP contribution in [0.1, 0.15) is 61.5 Å². The molecule has 1 aromatic heterocycles. The molecule has 1 N–H and O–H groups in total. The SMILES string of the molecule is O=C(O)[C@H]1CC[C@@H](C2CCN(C(=O)c3cn(C4CCC4)nn3)CC2)O1. The van der Waals surface area contributed by atoms with E-state index in [1.807, 2.05) is 9.58 Å². The fraction of sp³-hybridized carbons (Fsp3) is 0.765. The van der Waals surface area contributed by atoms with Crippen molar-refractivity contribution in [1.29, 1.82) is 0 Å². The summed E-state index contributed by atoms with van der Waals surface area (Å²) in [6.07, 6.45) is 7.64. The number of aliphatic carboxylic acids is 1. The van der Waals surface area contributed by atoms with Crippen molar-refractivity contribution in [3.05, 3.63) is 11.9 Å². The summed E-state index contributed by atoms with van der Waals surface area (Å²) in [6.45, 7) is 1.33. The second kappa shape index (κ2) is 6.74. The maximum Gasteiger partial charge on any atom is 0.332 e. The van der Waals surface area contributed by atoms with Crippen molar-refractivity contribution in [2.75, 3.05) is 13.1 Å². The number of carbonyl (C=O) groups excluding carboxylic acids is 1. The van der Waals surface area contributed by atoms with Crippen LogP contribution in [0.5, 0.6) is 0 Å². The molecule has 25 heavy (non-hydrogen) atoms. The molecule has 1 amide bonds. The second-order valence-corrected chi connectivity index (χ2v) is 7.38. The first-order chi connectivity index (χ1) is 12.1. The Hall–Kier alpha value is -1.96. The summed E-state index contributed by atoms with van der Waals surface area (Å²) < 4.78 is 7.48.